The van der Waals surface area contributed by atoms with Gasteiger partial charge in [-0.15, -0.1) is 0 Å². The first-order valence-electron chi connectivity index (χ1n) is 5.78. The minimum absolute atomic E-state index is 0.139. The molecule has 0 spiro atoms. The Hall–Kier alpha value is -0.830. The van der Waals surface area contributed by atoms with Crippen molar-refractivity contribution in [3.63, 3.8) is 0 Å². The summed E-state index contributed by atoms with van der Waals surface area (Å²) in [7, 11) is 1.54. The fourth-order valence-corrected chi connectivity index (χ4v) is 1.99. The quantitative estimate of drug-likeness (QED) is 0.581. The van der Waals surface area contributed by atoms with E-state index in [2.05, 4.69) is 26.1 Å². The van der Waals surface area contributed by atoms with E-state index in [4.69, 9.17) is 10.6 Å². The summed E-state index contributed by atoms with van der Waals surface area (Å²) in [6, 6.07) is 4.94. The van der Waals surface area contributed by atoms with Crippen molar-refractivity contribution in [2.75, 3.05) is 20.3 Å². The van der Waals surface area contributed by atoms with Crippen molar-refractivity contribution in [1.29, 1.82) is 0 Å². The van der Waals surface area contributed by atoms with Crippen LogP contribution in [0, 0.1) is 0 Å². The maximum atomic E-state index is 12.0. The van der Waals surface area contributed by atoms with Gasteiger partial charge in [0, 0.05) is 10.5 Å². The standard InChI is InChI=1S/C12H16BrF3N2O2/c1-19-10-2-3-11(13)8(5-10)4-9(18-17)6-20-7-12(14,15)16/h2-3,5,9,18H,4,6-7,17H2,1H3. The lowest BCUT2D eigenvalue weighted by Gasteiger charge is -2.18. The van der Waals surface area contributed by atoms with Gasteiger partial charge in [-0.05, 0) is 30.2 Å². The van der Waals surface area contributed by atoms with Crippen LogP contribution in [0.25, 0.3) is 0 Å². The third-order valence-electron chi connectivity index (χ3n) is 2.54. The Labute approximate surface area is 123 Å². The predicted octanol–water partition coefficient (Wildman–Crippen LogP) is 2.41. The van der Waals surface area contributed by atoms with Gasteiger partial charge in [-0.3, -0.25) is 11.3 Å². The van der Waals surface area contributed by atoms with Crippen LogP contribution in [0.1, 0.15) is 5.56 Å². The third-order valence-corrected chi connectivity index (χ3v) is 3.31. The van der Waals surface area contributed by atoms with Crippen LogP contribution in [-0.2, 0) is 11.2 Å². The van der Waals surface area contributed by atoms with E-state index in [-0.39, 0.29) is 6.61 Å². The molecule has 0 aliphatic heterocycles. The van der Waals surface area contributed by atoms with E-state index in [0.29, 0.717) is 12.2 Å². The average Bonchev–Trinajstić information content (AvgIpc) is 2.38. The largest absolute Gasteiger partial charge is 0.497 e. The summed E-state index contributed by atoms with van der Waals surface area (Å²) in [6.07, 6.45) is -3.93. The van der Waals surface area contributed by atoms with Crippen molar-refractivity contribution in [2.24, 2.45) is 5.84 Å². The van der Waals surface area contributed by atoms with Crippen molar-refractivity contribution in [1.82, 2.24) is 5.43 Å². The van der Waals surface area contributed by atoms with Gasteiger partial charge in [0.15, 0.2) is 0 Å². The Balaban J connectivity index is 2.59. The number of methoxy groups -OCH3 is 1. The zero-order valence-corrected chi connectivity index (χ0v) is 12.4. The molecule has 0 saturated heterocycles. The second kappa shape index (κ2) is 7.82. The molecule has 0 radical (unpaired) electrons. The van der Waals surface area contributed by atoms with Crippen LogP contribution in [0.4, 0.5) is 13.2 Å². The second-order valence-electron chi connectivity index (χ2n) is 4.16. The Bertz CT molecular complexity index is 430. The number of nitrogens with two attached hydrogens (primary N) is 1. The summed E-state index contributed by atoms with van der Waals surface area (Å²) >= 11 is 3.37. The molecule has 0 aliphatic rings. The van der Waals surface area contributed by atoms with Crippen molar-refractivity contribution < 1.29 is 22.6 Å². The van der Waals surface area contributed by atoms with Gasteiger partial charge in [-0.2, -0.15) is 13.2 Å². The molecule has 20 heavy (non-hydrogen) atoms. The molecular formula is C12H16BrF3N2O2. The Morgan fingerprint density at radius 1 is 1.40 bits per heavy atom. The third kappa shape index (κ3) is 6.08. The highest BCUT2D eigenvalue weighted by atomic mass is 79.9. The van der Waals surface area contributed by atoms with E-state index in [9.17, 15) is 13.2 Å². The van der Waals surface area contributed by atoms with Crippen molar-refractivity contribution >= 4 is 15.9 Å². The fraction of sp³-hybridized carbons (Fsp3) is 0.500. The first kappa shape index (κ1) is 17.2. The van der Waals surface area contributed by atoms with Gasteiger partial charge in [0.1, 0.15) is 12.4 Å². The van der Waals surface area contributed by atoms with Gasteiger partial charge in [0.2, 0.25) is 0 Å². The molecule has 3 N–H and O–H groups in total. The molecule has 1 rings (SSSR count). The van der Waals surface area contributed by atoms with Gasteiger partial charge in [0.25, 0.3) is 0 Å². The van der Waals surface area contributed by atoms with E-state index in [1.54, 1.807) is 18.2 Å². The summed E-state index contributed by atoms with van der Waals surface area (Å²) < 4.78 is 46.5. The van der Waals surface area contributed by atoms with Crippen LogP contribution in [-0.4, -0.2) is 32.5 Å². The number of hydrogen-bond acceptors (Lipinski definition) is 4. The van der Waals surface area contributed by atoms with Crippen molar-refractivity contribution in [3.05, 3.63) is 28.2 Å². The van der Waals surface area contributed by atoms with E-state index in [1.165, 1.54) is 7.11 Å². The lowest BCUT2D eigenvalue weighted by Crippen LogP contribution is -2.41. The minimum Gasteiger partial charge on any atom is -0.497 e. The zero-order valence-electron chi connectivity index (χ0n) is 10.8. The number of halogens is 4. The fourth-order valence-electron chi connectivity index (χ4n) is 1.58. The number of hydrazine groups is 1. The van der Waals surface area contributed by atoms with Crippen LogP contribution in [0.15, 0.2) is 22.7 Å². The second-order valence-corrected chi connectivity index (χ2v) is 5.01. The van der Waals surface area contributed by atoms with Crippen LogP contribution < -0.4 is 16.0 Å². The molecule has 4 nitrogen and oxygen atoms in total. The summed E-state index contributed by atoms with van der Waals surface area (Å²) in [5.41, 5.74) is 3.31. The molecule has 0 amide bonds. The highest BCUT2D eigenvalue weighted by Gasteiger charge is 2.27. The molecule has 1 atom stereocenters. The maximum absolute atomic E-state index is 12.0. The van der Waals surface area contributed by atoms with E-state index in [1.807, 2.05) is 0 Å². The molecule has 1 aromatic carbocycles. The van der Waals surface area contributed by atoms with Crippen LogP contribution in [0.2, 0.25) is 0 Å². The van der Waals surface area contributed by atoms with Gasteiger partial charge >= 0.3 is 6.18 Å². The Kier molecular flexibility index (Phi) is 6.74. The van der Waals surface area contributed by atoms with Gasteiger partial charge < -0.3 is 9.47 Å². The minimum atomic E-state index is -4.34. The molecule has 0 aliphatic carbocycles. The first-order valence-corrected chi connectivity index (χ1v) is 6.58. The molecule has 8 heteroatoms. The number of benzene rings is 1. The summed E-state index contributed by atoms with van der Waals surface area (Å²) in [6.45, 7) is -1.43. The van der Waals surface area contributed by atoms with Crippen LogP contribution in [0.5, 0.6) is 5.75 Å². The molecule has 0 saturated carbocycles. The number of nitrogens with one attached hydrogen (secondary N) is 1. The zero-order chi connectivity index (χ0) is 15.2. The smallest absolute Gasteiger partial charge is 0.411 e. The number of ether oxygens (including phenoxy) is 2. The van der Waals surface area contributed by atoms with Crippen molar-refractivity contribution in [3.8, 4) is 5.75 Å². The topological polar surface area (TPSA) is 56.5 Å². The Morgan fingerprint density at radius 2 is 2.10 bits per heavy atom. The molecule has 0 aromatic heterocycles. The van der Waals surface area contributed by atoms with E-state index >= 15 is 0 Å². The molecule has 114 valence electrons. The average molecular weight is 357 g/mol. The number of alkyl halides is 3. The Morgan fingerprint density at radius 3 is 2.65 bits per heavy atom. The summed E-state index contributed by atoms with van der Waals surface area (Å²) in [5.74, 6) is 6.00. The highest BCUT2D eigenvalue weighted by Crippen LogP contribution is 2.24. The monoisotopic (exact) mass is 356 g/mol. The summed E-state index contributed by atoms with van der Waals surface area (Å²) in [5, 5.41) is 0. The first-order chi connectivity index (χ1) is 9.35. The lowest BCUT2D eigenvalue weighted by atomic mass is 10.1. The lowest BCUT2D eigenvalue weighted by molar-refractivity contribution is -0.175. The molecule has 0 fully saturated rings. The summed E-state index contributed by atoms with van der Waals surface area (Å²) in [4.78, 5) is 0. The predicted molar refractivity (Wildman–Crippen MR) is 72.4 cm³/mol. The van der Waals surface area contributed by atoms with Crippen molar-refractivity contribution in [2.45, 2.75) is 18.6 Å². The SMILES string of the molecule is COc1ccc(Br)c(CC(COCC(F)(F)F)NN)c1. The van der Waals surface area contributed by atoms with Gasteiger partial charge in [-0.25, -0.2) is 0 Å². The highest BCUT2D eigenvalue weighted by molar-refractivity contribution is 9.10. The molecular weight excluding hydrogens is 341 g/mol. The molecule has 1 unspecified atom stereocenters. The van der Waals surface area contributed by atoms with E-state index < -0.39 is 18.8 Å². The number of rotatable bonds is 7. The normalized spacial score (nSPS) is 13.3. The maximum Gasteiger partial charge on any atom is 0.411 e. The number of hydrogen-bond donors (Lipinski definition) is 2. The molecule has 0 bridgehead atoms. The van der Waals surface area contributed by atoms with Crippen LogP contribution >= 0.6 is 15.9 Å². The molecule has 0 heterocycles. The van der Waals surface area contributed by atoms with Crippen LogP contribution in [0.3, 0.4) is 0 Å². The van der Waals surface area contributed by atoms with E-state index in [0.717, 1.165) is 10.0 Å². The van der Waals surface area contributed by atoms with Gasteiger partial charge in [0.05, 0.1) is 13.7 Å². The van der Waals surface area contributed by atoms with Gasteiger partial charge in [-0.1, -0.05) is 15.9 Å². The molecule has 1 aromatic rings.